The van der Waals surface area contributed by atoms with Gasteiger partial charge in [0.15, 0.2) is 17.5 Å². The molecule has 2 rings (SSSR count). The summed E-state index contributed by atoms with van der Waals surface area (Å²) in [7, 11) is 3.32. The fourth-order valence-electron chi connectivity index (χ4n) is 3.32. The Morgan fingerprint density at radius 2 is 2.08 bits per heavy atom. The molecule has 6 nitrogen and oxygen atoms in total. The summed E-state index contributed by atoms with van der Waals surface area (Å²) in [6.07, 6.45) is 5.53. The van der Waals surface area contributed by atoms with Gasteiger partial charge >= 0.3 is 0 Å². The van der Waals surface area contributed by atoms with E-state index >= 15 is 0 Å². The lowest BCUT2D eigenvalue weighted by atomic mass is 9.67. The van der Waals surface area contributed by atoms with Crippen molar-refractivity contribution in [2.75, 3.05) is 40.5 Å². The van der Waals surface area contributed by atoms with Crippen LogP contribution in [0.5, 0.6) is 11.5 Å². The smallest absolute Gasteiger partial charge is 0.191 e. The molecule has 0 radical (unpaired) electrons. The van der Waals surface area contributed by atoms with Gasteiger partial charge in [0, 0.05) is 33.4 Å². The molecule has 1 aliphatic rings. The molecule has 6 heteroatoms. The lowest BCUT2D eigenvalue weighted by Crippen LogP contribution is -2.41. The summed E-state index contributed by atoms with van der Waals surface area (Å²) >= 11 is 0. The van der Waals surface area contributed by atoms with E-state index in [-0.39, 0.29) is 5.75 Å². The molecule has 0 bridgehead atoms. The molecule has 1 aliphatic carbocycles. The highest BCUT2D eigenvalue weighted by Gasteiger charge is 2.36. The Morgan fingerprint density at radius 3 is 2.69 bits per heavy atom. The zero-order valence-electron chi connectivity index (χ0n) is 16.3. The molecule has 1 aromatic carbocycles. The fraction of sp³-hybridized carbons (Fsp3) is 0.650. The number of ether oxygens (including phenoxy) is 2. The Morgan fingerprint density at radius 1 is 1.27 bits per heavy atom. The van der Waals surface area contributed by atoms with Gasteiger partial charge in [0.05, 0.1) is 7.11 Å². The van der Waals surface area contributed by atoms with E-state index in [9.17, 15) is 5.11 Å². The molecule has 3 N–H and O–H groups in total. The first kappa shape index (κ1) is 20.4. The Labute approximate surface area is 157 Å². The molecule has 146 valence electrons. The van der Waals surface area contributed by atoms with E-state index in [0.29, 0.717) is 24.1 Å². The average molecular weight is 364 g/mol. The largest absolute Gasteiger partial charge is 0.504 e. The summed E-state index contributed by atoms with van der Waals surface area (Å²) in [4.78, 5) is 4.80. The van der Waals surface area contributed by atoms with Crippen molar-refractivity contribution in [3.8, 4) is 11.5 Å². The molecule has 0 atom stereocenters. The second-order valence-electron chi connectivity index (χ2n) is 6.94. The number of aliphatic imine (C=N–C) groups is 1. The van der Waals surface area contributed by atoms with Gasteiger partial charge in [0.2, 0.25) is 0 Å². The molecule has 0 spiro atoms. The first-order valence-electron chi connectivity index (χ1n) is 9.50. The predicted molar refractivity (Wildman–Crippen MR) is 105 cm³/mol. The highest BCUT2D eigenvalue weighted by Crippen LogP contribution is 2.44. The normalized spacial score (nSPS) is 16.0. The Balaban J connectivity index is 1.89. The van der Waals surface area contributed by atoms with E-state index in [1.165, 1.54) is 19.3 Å². The first-order chi connectivity index (χ1) is 12.6. The molecule has 1 aromatic rings. The number of rotatable bonds is 10. The topological polar surface area (TPSA) is 75.1 Å². The third-order valence-electron chi connectivity index (χ3n) is 5.16. The van der Waals surface area contributed by atoms with Crippen LogP contribution in [0.15, 0.2) is 23.2 Å². The average Bonchev–Trinajstić information content (AvgIpc) is 2.62. The minimum atomic E-state index is 0.215. The van der Waals surface area contributed by atoms with Crippen LogP contribution in [-0.2, 0) is 11.2 Å². The maximum atomic E-state index is 10.2. The second-order valence-corrected chi connectivity index (χ2v) is 6.94. The van der Waals surface area contributed by atoms with Gasteiger partial charge in [-0.1, -0.05) is 18.6 Å². The number of guanidine groups is 1. The van der Waals surface area contributed by atoms with Crippen molar-refractivity contribution >= 4 is 5.96 Å². The van der Waals surface area contributed by atoms with E-state index < -0.39 is 0 Å². The Kier molecular flexibility index (Phi) is 8.04. The monoisotopic (exact) mass is 363 g/mol. The van der Waals surface area contributed by atoms with Crippen LogP contribution < -0.4 is 15.4 Å². The maximum absolute atomic E-state index is 10.2. The molecule has 0 aromatic heterocycles. The van der Waals surface area contributed by atoms with Crippen LogP contribution in [0.2, 0.25) is 0 Å². The summed E-state index contributed by atoms with van der Waals surface area (Å²) in [6, 6.07) is 5.57. The van der Waals surface area contributed by atoms with Crippen molar-refractivity contribution in [2.45, 2.75) is 39.0 Å². The molecule has 1 fully saturated rings. The van der Waals surface area contributed by atoms with Gasteiger partial charge in [-0.3, -0.25) is 4.99 Å². The fourth-order valence-corrected chi connectivity index (χ4v) is 3.32. The van der Waals surface area contributed by atoms with Crippen LogP contribution in [0.4, 0.5) is 0 Å². The highest BCUT2D eigenvalue weighted by molar-refractivity contribution is 5.79. The maximum Gasteiger partial charge on any atom is 0.191 e. The minimum absolute atomic E-state index is 0.215. The van der Waals surface area contributed by atoms with Crippen LogP contribution >= 0.6 is 0 Å². The Hall–Kier alpha value is -1.95. The molecule has 1 saturated carbocycles. The number of para-hydroxylation sites is 1. The van der Waals surface area contributed by atoms with E-state index in [2.05, 4.69) is 17.6 Å². The van der Waals surface area contributed by atoms with Crippen molar-refractivity contribution in [1.82, 2.24) is 10.6 Å². The third kappa shape index (κ3) is 5.53. The van der Waals surface area contributed by atoms with Crippen LogP contribution in [-0.4, -0.2) is 51.5 Å². The zero-order valence-corrected chi connectivity index (χ0v) is 16.3. The van der Waals surface area contributed by atoms with E-state index in [1.807, 2.05) is 12.1 Å². The number of nitrogens with zero attached hydrogens (tertiary/aromatic N) is 1. The van der Waals surface area contributed by atoms with Gasteiger partial charge < -0.3 is 25.2 Å². The Bertz CT molecular complexity index is 586. The van der Waals surface area contributed by atoms with E-state index in [1.54, 1.807) is 20.3 Å². The van der Waals surface area contributed by atoms with E-state index in [4.69, 9.17) is 14.5 Å². The lowest BCUT2D eigenvalue weighted by molar-refractivity contribution is 0.0778. The summed E-state index contributed by atoms with van der Waals surface area (Å²) < 4.78 is 10.4. The van der Waals surface area contributed by atoms with Crippen LogP contribution in [0.1, 0.15) is 38.2 Å². The van der Waals surface area contributed by atoms with Crippen molar-refractivity contribution < 1.29 is 14.6 Å². The van der Waals surface area contributed by atoms with Gasteiger partial charge in [-0.15, -0.1) is 0 Å². The molecule has 0 aliphatic heterocycles. The molecule has 0 amide bonds. The second kappa shape index (κ2) is 10.3. The van der Waals surface area contributed by atoms with Crippen LogP contribution in [0.3, 0.4) is 0 Å². The number of hydrogen-bond acceptors (Lipinski definition) is 4. The molecular weight excluding hydrogens is 330 g/mol. The zero-order chi connectivity index (χ0) is 18.8. The highest BCUT2D eigenvalue weighted by atomic mass is 16.5. The number of aromatic hydroxyl groups is 1. The first-order valence-corrected chi connectivity index (χ1v) is 9.50. The van der Waals surface area contributed by atoms with Gasteiger partial charge in [-0.05, 0) is 49.7 Å². The van der Waals surface area contributed by atoms with Crippen LogP contribution in [0.25, 0.3) is 0 Å². The van der Waals surface area contributed by atoms with Crippen molar-refractivity contribution in [1.29, 1.82) is 0 Å². The SMILES string of the molecule is CCNC(=NCC1(CCOC)CCC1)NCCc1cccc(OC)c1O. The van der Waals surface area contributed by atoms with Gasteiger partial charge in [-0.2, -0.15) is 0 Å². The number of hydrogen-bond donors (Lipinski definition) is 3. The third-order valence-corrected chi connectivity index (χ3v) is 5.16. The van der Waals surface area contributed by atoms with Crippen molar-refractivity contribution in [3.05, 3.63) is 23.8 Å². The van der Waals surface area contributed by atoms with Crippen molar-refractivity contribution in [3.63, 3.8) is 0 Å². The number of nitrogens with one attached hydrogen (secondary N) is 2. The summed E-state index contributed by atoms with van der Waals surface area (Å²) in [5.41, 5.74) is 1.17. The molecule has 26 heavy (non-hydrogen) atoms. The number of benzene rings is 1. The summed E-state index contributed by atoms with van der Waals surface area (Å²) in [5, 5.41) is 16.8. The standard InChI is InChI=1S/C20H33N3O3/c1-4-21-19(23-15-20(10-6-11-20)12-14-25-2)22-13-9-16-7-5-8-17(26-3)18(16)24/h5,7-8,24H,4,6,9-15H2,1-3H3,(H2,21,22,23). The van der Waals surface area contributed by atoms with Crippen molar-refractivity contribution in [2.24, 2.45) is 10.4 Å². The van der Waals surface area contributed by atoms with Gasteiger partial charge in [0.25, 0.3) is 0 Å². The number of phenols is 1. The molecule has 0 unspecified atom stereocenters. The van der Waals surface area contributed by atoms with Crippen LogP contribution in [0, 0.1) is 5.41 Å². The van der Waals surface area contributed by atoms with E-state index in [0.717, 1.165) is 37.6 Å². The molecule has 0 heterocycles. The summed E-state index contributed by atoms with van der Waals surface area (Å²) in [6.45, 7) is 5.21. The quantitative estimate of drug-likeness (QED) is 0.440. The predicted octanol–water partition coefficient (Wildman–Crippen LogP) is 2.71. The van der Waals surface area contributed by atoms with Gasteiger partial charge in [0.1, 0.15) is 0 Å². The minimum Gasteiger partial charge on any atom is -0.504 e. The number of phenolic OH excluding ortho intramolecular Hbond substituents is 1. The summed E-state index contributed by atoms with van der Waals surface area (Å²) in [5.74, 6) is 1.55. The van der Waals surface area contributed by atoms with Gasteiger partial charge in [-0.25, -0.2) is 0 Å². The lowest BCUT2D eigenvalue weighted by Gasteiger charge is -2.40. The number of methoxy groups -OCH3 is 2. The molecule has 0 saturated heterocycles. The molecular formula is C20H33N3O3.